The lowest BCUT2D eigenvalue weighted by Crippen LogP contribution is -2.24. The van der Waals surface area contributed by atoms with E-state index in [4.69, 9.17) is 11.6 Å². The van der Waals surface area contributed by atoms with E-state index in [0.717, 1.165) is 34.8 Å². The predicted molar refractivity (Wildman–Crippen MR) is 90.4 cm³/mol. The summed E-state index contributed by atoms with van der Waals surface area (Å²) in [6, 6.07) is 16.2. The van der Waals surface area contributed by atoms with Gasteiger partial charge in [-0.2, -0.15) is 0 Å². The van der Waals surface area contributed by atoms with E-state index in [0.29, 0.717) is 0 Å². The summed E-state index contributed by atoms with van der Waals surface area (Å²) in [6.07, 6.45) is 0. The lowest BCUT2D eigenvalue weighted by Gasteiger charge is -2.18. The van der Waals surface area contributed by atoms with Gasteiger partial charge in [-0.25, -0.2) is 0 Å². The van der Waals surface area contributed by atoms with Crippen molar-refractivity contribution in [2.75, 3.05) is 25.5 Å². The number of rotatable bonds is 6. The van der Waals surface area contributed by atoms with Gasteiger partial charge < -0.3 is 10.2 Å². The molecule has 2 rings (SSSR count). The van der Waals surface area contributed by atoms with Crippen molar-refractivity contribution in [3.63, 3.8) is 0 Å². The van der Waals surface area contributed by atoms with Gasteiger partial charge in [0, 0.05) is 34.8 Å². The van der Waals surface area contributed by atoms with E-state index in [-0.39, 0.29) is 0 Å². The molecule has 0 atom stereocenters. The molecular weight excluding hydrogens is 336 g/mol. The highest BCUT2D eigenvalue weighted by Gasteiger charge is 2.02. The van der Waals surface area contributed by atoms with Crippen molar-refractivity contribution in [2.24, 2.45) is 0 Å². The zero-order valence-corrected chi connectivity index (χ0v) is 13.8. The second-order valence-corrected chi connectivity index (χ2v) is 6.07. The zero-order valence-electron chi connectivity index (χ0n) is 11.4. The second kappa shape index (κ2) is 7.67. The third-order valence-electron chi connectivity index (χ3n) is 3.02. The molecule has 2 nitrogen and oxygen atoms in total. The average Bonchev–Trinajstić information content (AvgIpc) is 2.41. The number of anilines is 1. The van der Waals surface area contributed by atoms with Gasteiger partial charge in [0.05, 0.1) is 0 Å². The molecule has 0 aliphatic carbocycles. The molecule has 4 heteroatoms. The van der Waals surface area contributed by atoms with Crippen LogP contribution in [0.1, 0.15) is 5.56 Å². The highest BCUT2D eigenvalue weighted by Crippen LogP contribution is 2.20. The molecule has 0 saturated carbocycles. The molecule has 0 fully saturated rings. The topological polar surface area (TPSA) is 15.3 Å². The Kier molecular flexibility index (Phi) is 5.89. The molecule has 0 radical (unpaired) electrons. The number of para-hydroxylation sites is 1. The van der Waals surface area contributed by atoms with Crippen LogP contribution in [-0.4, -0.2) is 25.0 Å². The number of halogens is 2. The van der Waals surface area contributed by atoms with Crippen LogP contribution in [0.3, 0.4) is 0 Å². The van der Waals surface area contributed by atoms with E-state index < -0.39 is 0 Å². The van der Waals surface area contributed by atoms with E-state index in [1.165, 1.54) is 5.56 Å². The Morgan fingerprint density at radius 3 is 2.70 bits per heavy atom. The fraction of sp³-hybridized carbons (Fsp3) is 0.250. The van der Waals surface area contributed by atoms with Crippen LogP contribution in [0, 0.1) is 0 Å². The Morgan fingerprint density at radius 1 is 1.15 bits per heavy atom. The summed E-state index contributed by atoms with van der Waals surface area (Å²) in [5.41, 5.74) is 2.37. The molecule has 2 aromatic rings. The van der Waals surface area contributed by atoms with Crippen molar-refractivity contribution >= 4 is 33.2 Å². The van der Waals surface area contributed by atoms with E-state index in [2.05, 4.69) is 45.3 Å². The van der Waals surface area contributed by atoms with E-state index in [1.807, 2.05) is 36.4 Å². The Bertz CT molecular complexity index is 560. The molecule has 0 aliphatic heterocycles. The monoisotopic (exact) mass is 352 g/mol. The van der Waals surface area contributed by atoms with Gasteiger partial charge in [-0.05, 0) is 52.8 Å². The first kappa shape index (κ1) is 15.4. The summed E-state index contributed by atoms with van der Waals surface area (Å²) in [7, 11) is 2.11. The van der Waals surface area contributed by atoms with Gasteiger partial charge >= 0.3 is 0 Å². The molecule has 2 aromatic carbocycles. The van der Waals surface area contributed by atoms with Gasteiger partial charge in [0.25, 0.3) is 0 Å². The van der Waals surface area contributed by atoms with E-state index in [9.17, 15) is 0 Å². The van der Waals surface area contributed by atoms with Gasteiger partial charge in [-0.3, -0.25) is 0 Å². The number of nitrogens with one attached hydrogen (secondary N) is 1. The van der Waals surface area contributed by atoms with Gasteiger partial charge in [-0.1, -0.05) is 35.9 Å². The maximum Gasteiger partial charge on any atom is 0.0485 e. The quantitative estimate of drug-likeness (QED) is 0.813. The fourth-order valence-corrected chi connectivity index (χ4v) is 2.65. The van der Waals surface area contributed by atoms with Gasteiger partial charge in [0.1, 0.15) is 0 Å². The van der Waals surface area contributed by atoms with Crippen molar-refractivity contribution < 1.29 is 0 Å². The molecule has 0 aliphatic rings. The predicted octanol–water partition coefficient (Wildman–Crippen LogP) is 4.65. The standard InChI is InChI=1S/C16H18BrClN2/c1-20(12-13-5-4-6-14(18)11-13)10-9-19-16-8-3-2-7-15(16)17/h2-8,11,19H,9-10,12H2,1H3. The normalized spacial score (nSPS) is 10.8. The fourth-order valence-electron chi connectivity index (χ4n) is 2.01. The minimum atomic E-state index is 0.794. The molecule has 0 saturated heterocycles. The molecule has 0 bridgehead atoms. The summed E-state index contributed by atoms with van der Waals surface area (Å²) in [4.78, 5) is 2.27. The molecule has 0 heterocycles. The third kappa shape index (κ3) is 4.82. The molecular formula is C16H18BrClN2. The van der Waals surface area contributed by atoms with Crippen molar-refractivity contribution in [3.8, 4) is 0 Å². The van der Waals surface area contributed by atoms with Gasteiger partial charge in [-0.15, -0.1) is 0 Å². The van der Waals surface area contributed by atoms with Crippen LogP contribution in [0.15, 0.2) is 53.0 Å². The Balaban J connectivity index is 1.78. The SMILES string of the molecule is CN(CCNc1ccccc1Br)Cc1cccc(Cl)c1. The van der Waals surface area contributed by atoms with Gasteiger partial charge in [0.15, 0.2) is 0 Å². The largest absolute Gasteiger partial charge is 0.383 e. The maximum atomic E-state index is 5.99. The van der Waals surface area contributed by atoms with Crippen LogP contribution >= 0.6 is 27.5 Å². The Labute approximate surface area is 133 Å². The average molecular weight is 354 g/mol. The molecule has 1 N–H and O–H groups in total. The summed E-state index contributed by atoms with van der Waals surface area (Å²) >= 11 is 9.53. The molecule has 0 spiro atoms. The zero-order chi connectivity index (χ0) is 14.4. The lowest BCUT2D eigenvalue weighted by atomic mass is 10.2. The second-order valence-electron chi connectivity index (χ2n) is 4.77. The van der Waals surface area contributed by atoms with Crippen LogP contribution in [0.2, 0.25) is 5.02 Å². The molecule has 0 amide bonds. The molecule has 0 aromatic heterocycles. The first-order valence-corrected chi connectivity index (χ1v) is 7.73. The summed E-state index contributed by atoms with van der Waals surface area (Å²) in [6.45, 7) is 2.77. The number of nitrogens with zero attached hydrogens (tertiary/aromatic N) is 1. The summed E-state index contributed by atoms with van der Waals surface area (Å²) < 4.78 is 1.09. The summed E-state index contributed by atoms with van der Waals surface area (Å²) in [5.74, 6) is 0. The Hall–Kier alpha value is -1.03. The highest BCUT2D eigenvalue weighted by atomic mass is 79.9. The van der Waals surface area contributed by atoms with Crippen LogP contribution in [0.5, 0.6) is 0 Å². The smallest absolute Gasteiger partial charge is 0.0485 e. The minimum Gasteiger partial charge on any atom is -0.383 e. The number of benzene rings is 2. The number of likely N-dealkylation sites (N-methyl/N-ethyl adjacent to an activating group) is 1. The van der Waals surface area contributed by atoms with Gasteiger partial charge in [0.2, 0.25) is 0 Å². The van der Waals surface area contributed by atoms with Crippen LogP contribution in [-0.2, 0) is 6.54 Å². The number of hydrogen-bond donors (Lipinski definition) is 1. The third-order valence-corrected chi connectivity index (χ3v) is 3.95. The van der Waals surface area contributed by atoms with E-state index >= 15 is 0 Å². The number of hydrogen-bond acceptors (Lipinski definition) is 2. The van der Waals surface area contributed by atoms with Crippen molar-refractivity contribution in [2.45, 2.75) is 6.54 Å². The highest BCUT2D eigenvalue weighted by molar-refractivity contribution is 9.10. The lowest BCUT2D eigenvalue weighted by molar-refractivity contribution is 0.340. The van der Waals surface area contributed by atoms with Crippen LogP contribution in [0.25, 0.3) is 0 Å². The van der Waals surface area contributed by atoms with Crippen molar-refractivity contribution in [3.05, 3.63) is 63.6 Å². The van der Waals surface area contributed by atoms with Crippen LogP contribution in [0.4, 0.5) is 5.69 Å². The molecule has 0 unspecified atom stereocenters. The maximum absolute atomic E-state index is 5.99. The summed E-state index contributed by atoms with van der Waals surface area (Å²) in [5, 5.41) is 4.22. The van der Waals surface area contributed by atoms with Crippen molar-refractivity contribution in [1.29, 1.82) is 0 Å². The van der Waals surface area contributed by atoms with Crippen LogP contribution < -0.4 is 5.32 Å². The molecule has 106 valence electrons. The Morgan fingerprint density at radius 2 is 1.95 bits per heavy atom. The first-order chi connectivity index (χ1) is 9.65. The molecule has 20 heavy (non-hydrogen) atoms. The van der Waals surface area contributed by atoms with E-state index in [1.54, 1.807) is 0 Å². The van der Waals surface area contributed by atoms with Crippen molar-refractivity contribution in [1.82, 2.24) is 4.90 Å². The minimum absolute atomic E-state index is 0.794. The first-order valence-electron chi connectivity index (χ1n) is 6.56.